The van der Waals surface area contributed by atoms with Crippen molar-refractivity contribution in [3.8, 4) is 11.5 Å². The van der Waals surface area contributed by atoms with Gasteiger partial charge in [0.05, 0.1) is 37.1 Å². The Morgan fingerprint density at radius 2 is 2.00 bits per heavy atom. The molecule has 0 radical (unpaired) electrons. The van der Waals surface area contributed by atoms with Crippen molar-refractivity contribution in [1.29, 1.82) is 0 Å². The summed E-state index contributed by atoms with van der Waals surface area (Å²) in [4.78, 5) is 19.0. The molecule has 27 heavy (non-hydrogen) atoms. The van der Waals surface area contributed by atoms with E-state index in [1.54, 1.807) is 11.2 Å². The number of ether oxygens (including phenoxy) is 1. The normalized spacial score (nSPS) is 15.1. The number of hydrogen-bond acceptors (Lipinski definition) is 4. The maximum atomic E-state index is 12.8. The number of quaternary nitrogens is 1. The van der Waals surface area contributed by atoms with Crippen molar-refractivity contribution in [2.75, 3.05) is 39.4 Å². The number of carbonyl (C=O) groups excluding carboxylic acids is 1. The zero-order valence-corrected chi connectivity index (χ0v) is 15.2. The zero-order chi connectivity index (χ0) is 18.5. The predicted octanol–water partition coefficient (Wildman–Crippen LogP) is 1.53. The Balaban J connectivity index is 1.47. The third-order valence-corrected chi connectivity index (χ3v) is 4.93. The lowest BCUT2D eigenvalue weighted by Gasteiger charge is -2.23. The number of pyridine rings is 1. The largest absolute Gasteiger partial charge is 0.463 e. The van der Waals surface area contributed by atoms with Gasteiger partial charge in [-0.05, 0) is 24.3 Å². The van der Waals surface area contributed by atoms with Gasteiger partial charge in [0.1, 0.15) is 18.8 Å². The first-order valence-electron chi connectivity index (χ1n) is 9.44. The van der Waals surface area contributed by atoms with E-state index in [1.165, 1.54) is 0 Å². The van der Waals surface area contributed by atoms with E-state index in [4.69, 9.17) is 9.15 Å². The lowest BCUT2D eigenvalue weighted by atomic mass is 10.1. The number of furan rings is 1. The minimum atomic E-state index is -0.0709. The van der Waals surface area contributed by atoms with Crippen molar-refractivity contribution in [3.63, 3.8) is 0 Å². The number of nitrogens with zero attached hydrogens (tertiary/aromatic N) is 1. The van der Waals surface area contributed by atoms with E-state index in [0.29, 0.717) is 23.6 Å². The summed E-state index contributed by atoms with van der Waals surface area (Å²) >= 11 is 0. The van der Waals surface area contributed by atoms with Crippen molar-refractivity contribution in [2.24, 2.45) is 0 Å². The van der Waals surface area contributed by atoms with Crippen LogP contribution in [0.15, 0.2) is 53.1 Å². The molecule has 6 heteroatoms. The van der Waals surface area contributed by atoms with Gasteiger partial charge in [-0.25, -0.2) is 4.98 Å². The van der Waals surface area contributed by atoms with Crippen LogP contribution in [-0.4, -0.2) is 50.3 Å². The molecule has 1 aliphatic rings. The van der Waals surface area contributed by atoms with Crippen molar-refractivity contribution in [3.05, 3.63) is 54.3 Å². The first-order chi connectivity index (χ1) is 13.3. The van der Waals surface area contributed by atoms with Crippen LogP contribution in [0.2, 0.25) is 0 Å². The van der Waals surface area contributed by atoms with Gasteiger partial charge in [-0.3, -0.25) is 4.79 Å². The molecule has 0 bridgehead atoms. The number of nitrogens with one attached hydrogen (secondary N) is 2. The lowest BCUT2D eigenvalue weighted by molar-refractivity contribution is -0.908. The third-order valence-electron chi connectivity index (χ3n) is 4.93. The number of rotatable bonds is 6. The highest BCUT2D eigenvalue weighted by molar-refractivity contribution is 6.07. The molecule has 1 aromatic carbocycles. The second kappa shape index (κ2) is 8.33. The Kier molecular flexibility index (Phi) is 5.46. The van der Waals surface area contributed by atoms with E-state index < -0.39 is 0 Å². The predicted molar refractivity (Wildman–Crippen MR) is 103 cm³/mol. The molecule has 3 aromatic rings. The van der Waals surface area contributed by atoms with Crippen LogP contribution >= 0.6 is 0 Å². The van der Waals surface area contributed by atoms with Gasteiger partial charge < -0.3 is 19.4 Å². The highest BCUT2D eigenvalue weighted by atomic mass is 16.5. The molecule has 1 aliphatic heterocycles. The number of hydrogen-bond donors (Lipinski definition) is 2. The van der Waals surface area contributed by atoms with Crippen molar-refractivity contribution in [1.82, 2.24) is 10.3 Å². The molecule has 2 aromatic heterocycles. The fourth-order valence-electron chi connectivity index (χ4n) is 3.46. The quantitative estimate of drug-likeness (QED) is 0.649. The fraction of sp³-hybridized carbons (Fsp3) is 0.333. The van der Waals surface area contributed by atoms with Gasteiger partial charge in [0.2, 0.25) is 0 Å². The third kappa shape index (κ3) is 4.18. The maximum absolute atomic E-state index is 12.8. The highest BCUT2D eigenvalue weighted by Gasteiger charge is 2.16. The average Bonchev–Trinajstić information content (AvgIpc) is 3.26. The highest BCUT2D eigenvalue weighted by Crippen LogP contribution is 2.25. The molecule has 1 saturated heterocycles. The summed E-state index contributed by atoms with van der Waals surface area (Å²) in [5, 5.41) is 3.91. The number of fused-ring (bicyclic) bond motifs is 1. The van der Waals surface area contributed by atoms with Gasteiger partial charge in [-0.15, -0.1) is 0 Å². The molecule has 6 nitrogen and oxygen atoms in total. The Hall–Kier alpha value is -2.70. The smallest absolute Gasteiger partial charge is 0.252 e. The van der Waals surface area contributed by atoms with Gasteiger partial charge in [0.15, 0.2) is 5.76 Å². The number of carbonyl (C=O) groups is 1. The Morgan fingerprint density at radius 3 is 2.81 bits per heavy atom. The van der Waals surface area contributed by atoms with Crippen LogP contribution in [0.3, 0.4) is 0 Å². The summed E-state index contributed by atoms with van der Waals surface area (Å²) in [7, 11) is 0. The van der Waals surface area contributed by atoms with Crippen LogP contribution in [0.5, 0.6) is 0 Å². The minimum absolute atomic E-state index is 0.0709. The Bertz CT molecular complexity index is 902. The van der Waals surface area contributed by atoms with Gasteiger partial charge in [-0.2, -0.15) is 0 Å². The second-order valence-corrected chi connectivity index (χ2v) is 6.77. The van der Waals surface area contributed by atoms with E-state index in [-0.39, 0.29) is 5.91 Å². The molecule has 3 heterocycles. The van der Waals surface area contributed by atoms with Gasteiger partial charge in [0.25, 0.3) is 5.91 Å². The van der Waals surface area contributed by atoms with Gasteiger partial charge >= 0.3 is 0 Å². The molecule has 0 aliphatic carbocycles. The van der Waals surface area contributed by atoms with Crippen LogP contribution in [0.1, 0.15) is 16.8 Å². The van der Waals surface area contributed by atoms with Gasteiger partial charge in [0, 0.05) is 18.4 Å². The molecule has 0 spiro atoms. The molecule has 1 amide bonds. The molecule has 2 N–H and O–H groups in total. The summed E-state index contributed by atoms with van der Waals surface area (Å²) in [6.45, 7) is 5.49. The number of amides is 1. The fourth-order valence-corrected chi connectivity index (χ4v) is 3.46. The van der Waals surface area contributed by atoms with Crippen LogP contribution in [0, 0.1) is 0 Å². The molecule has 140 valence electrons. The summed E-state index contributed by atoms with van der Waals surface area (Å²) in [6, 6.07) is 13.2. The molecule has 4 rings (SSSR count). The van der Waals surface area contributed by atoms with Crippen LogP contribution in [0.25, 0.3) is 22.4 Å². The molecule has 1 fully saturated rings. The average molecular weight is 366 g/mol. The number of para-hydroxylation sites is 1. The summed E-state index contributed by atoms with van der Waals surface area (Å²) in [5.41, 5.74) is 2.08. The van der Waals surface area contributed by atoms with Gasteiger partial charge in [-0.1, -0.05) is 18.2 Å². The number of benzene rings is 1. The Morgan fingerprint density at radius 1 is 1.15 bits per heavy atom. The standard InChI is InChI=1S/C21H23N3O3/c25-21(22-8-4-9-24-10-13-26-14-11-24)17-15-19(20-7-3-12-27-20)23-18-6-2-1-5-16(17)18/h1-3,5-7,12,15H,4,8-11,13-14H2,(H,22,25)/p+1. The SMILES string of the molecule is O=C(NCCC[NH+]1CCOCC1)c1cc(-c2ccco2)nc2ccccc12. The van der Waals surface area contributed by atoms with Crippen LogP contribution in [0.4, 0.5) is 0 Å². The van der Waals surface area contributed by atoms with Crippen LogP contribution in [-0.2, 0) is 4.74 Å². The maximum Gasteiger partial charge on any atom is 0.252 e. The monoisotopic (exact) mass is 366 g/mol. The van der Waals surface area contributed by atoms with Crippen molar-refractivity contribution >= 4 is 16.8 Å². The van der Waals surface area contributed by atoms with E-state index in [1.807, 2.05) is 42.5 Å². The summed E-state index contributed by atoms with van der Waals surface area (Å²) < 4.78 is 10.8. The number of morpholine rings is 1. The zero-order valence-electron chi connectivity index (χ0n) is 15.2. The van der Waals surface area contributed by atoms with E-state index in [2.05, 4.69) is 10.3 Å². The second-order valence-electron chi connectivity index (χ2n) is 6.77. The Labute approximate surface area is 158 Å². The first kappa shape index (κ1) is 17.7. The summed E-state index contributed by atoms with van der Waals surface area (Å²) in [5.74, 6) is 0.587. The topological polar surface area (TPSA) is 68.8 Å². The van der Waals surface area contributed by atoms with E-state index >= 15 is 0 Å². The molecule has 0 atom stereocenters. The van der Waals surface area contributed by atoms with E-state index in [0.717, 1.165) is 50.2 Å². The summed E-state index contributed by atoms with van der Waals surface area (Å²) in [6.07, 6.45) is 2.56. The molecular weight excluding hydrogens is 342 g/mol. The lowest BCUT2D eigenvalue weighted by Crippen LogP contribution is -3.14. The molecule has 0 unspecified atom stereocenters. The molecule has 0 saturated carbocycles. The van der Waals surface area contributed by atoms with E-state index in [9.17, 15) is 4.79 Å². The van der Waals surface area contributed by atoms with Crippen LogP contribution < -0.4 is 10.2 Å². The molecular formula is C21H24N3O3+. The van der Waals surface area contributed by atoms with Crippen molar-refractivity contribution in [2.45, 2.75) is 6.42 Å². The minimum Gasteiger partial charge on any atom is -0.463 e. The first-order valence-corrected chi connectivity index (χ1v) is 9.44. The van der Waals surface area contributed by atoms with Crippen molar-refractivity contribution < 1.29 is 18.8 Å². The number of aromatic nitrogens is 1.